The van der Waals surface area contributed by atoms with Gasteiger partial charge < -0.3 is 9.32 Å². The van der Waals surface area contributed by atoms with Crippen LogP contribution in [0.3, 0.4) is 0 Å². The normalized spacial score (nSPS) is 14.8. The summed E-state index contributed by atoms with van der Waals surface area (Å²) in [7, 11) is 0. The maximum absolute atomic E-state index is 11.2. The number of nitro groups is 1. The highest BCUT2D eigenvalue weighted by Crippen LogP contribution is 2.31. The summed E-state index contributed by atoms with van der Waals surface area (Å²) in [5, 5.41) is 19.9. The summed E-state index contributed by atoms with van der Waals surface area (Å²) in [5.74, 6) is 0.973. The standard InChI is InChI=1S/C18H18N4O3S/c19-8-3-9-20-10-12-21(13-11-20)18(26)17-7-6-16(25-17)14-4-1-2-5-15(14)22(23)24/h1-2,4-7H,3,9-13H2. The van der Waals surface area contributed by atoms with Crippen molar-refractivity contribution in [2.75, 3.05) is 32.7 Å². The van der Waals surface area contributed by atoms with Crippen molar-refractivity contribution >= 4 is 22.9 Å². The Labute approximate surface area is 156 Å². The molecule has 0 radical (unpaired) electrons. The molecule has 1 aliphatic heterocycles. The van der Waals surface area contributed by atoms with Crippen molar-refractivity contribution in [3.8, 4) is 17.4 Å². The molecule has 3 rings (SSSR count). The Morgan fingerprint density at radius 1 is 1.23 bits per heavy atom. The Kier molecular flexibility index (Phi) is 5.61. The predicted octanol–water partition coefficient (Wildman–Crippen LogP) is 3.06. The Hall–Kier alpha value is -2.76. The van der Waals surface area contributed by atoms with Gasteiger partial charge in [-0.1, -0.05) is 24.4 Å². The summed E-state index contributed by atoms with van der Waals surface area (Å²) in [6, 6.07) is 12.1. The van der Waals surface area contributed by atoms with Gasteiger partial charge in [0.2, 0.25) is 0 Å². The average Bonchev–Trinajstić information content (AvgIpc) is 3.16. The number of furan rings is 1. The zero-order valence-corrected chi connectivity index (χ0v) is 14.9. The highest BCUT2D eigenvalue weighted by Gasteiger charge is 2.23. The minimum Gasteiger partial charge on any atom is -0.453 e. The second kappa shape index (κ2) is 8.08. The highest BCUT2D eigenvalue weighted by molar-refractivity contribution is 7.80. The SMILES string of the molecule is N#CCCN1CCN(C(=S)c2ccc(-c3ccccc3[N+](=O)[O-])o2)CC1. The van der Waals surface area contributed by atoms with E-state index in [0.717, 1.165) is 32.7 Å². The van der Waals surface area contributed by atoms with Crippen molar-refractivity contribution in [1.29, 1.82) is 5.26 Å². The van der Waals surface area contributed by atoms with Crippen molar-refractivity contribution in [1.82, 2.24) is 9.80 Å². The quantitative estimate of drug-likeness (QED) is 0.454. The fourth-order valence-corrected chi connectivity index (χ4v) is 3.27. The second-order valence-corrected chi connectivity index (χ2v) is 6.37. The summed E-state index contributed by atoms with van der Waals surface area (Å²) in [5.41, 5.74) is 0.443. The summed E-state index contributed by atoms with van der Waals surface area (Å²) in [6.07, 6.45) is 0.530. The molecule has 1 saturated heterocycles. The van der Waals surface area contributed by atoms with Crippen LogP contribution in [0.1, 0.15) is 12.2 Å². The van der Waals surface area contributed by atoms with Gasteiger partial charge in [-0.2, -0.15) is 5.26 Å². The number of nitriles is 1. The molecule has 0 saturated carbocycles. The van der Waals surface area contributed by atoms with Crippen molar-refractivity contribution in [2.45, 2.75) is 6.42 Å². The van der Waals surface area contributed by atoms with E-state index in [2.05, 4.69) is 15.9 Å². The topological polar surface area (TPSA) is 86.5 Å². The molecule has 0 N–H and O–H groups in total. The lowest BCUT2D eigenvalue weighted by molar-refractivity contribution is -0.384. The predicted molar refractivity (Wildman–Crippen MR) is 101 cm³/mol. The number of benzene rings is 1. The van der Waals surface area contributed by atoms with Gasteiger partial charge in [0.05, 0.1) is 16.6 Å². The Morgan fingerprint density at radius 2 is 1.96 bits per heavy atom. The molecule has 1 fully saturated rings. The van der Waals surface area contributed by atoms with Crippen LogP contribution >= 0.6 is 12.2 Å². The van der Waals surface area contributed by atoms with E-state index in [4.69, 9.17) is 21.9 Å². The molecule has 0 bridgehead atoms. The maximum atomic E-state index is 11.2. The Balaban J connectivity index is 1.70. The number of nitrogens with zero attached hydrogens (tertiary/aromatic N) is 4. The van der Waals surface area contributed by atoms with E-state index in [1.165, 1.54) is 6.07 Å². The van der Waals surface area contributed by atoms with Crippen molar-refractivity contribution < 1.29 is 9.34 Å². The van der Waals surface area contributed by atoms with Gasteiger partial charge in [-0.25, -0.2) is 0 Å². The first kappa shape index (κ1) is 18.0. The fraction of sp³-hybridized carbons (Fsp3) is 0.333. The summed E-state index contributed by atoms with van der Waals surface area (Å²) < 4.78 is 5.82. The summed E-state index contributed by atoms with van der Waals surface area (Å²) in [6.45, 7) is 4.01. The van der Waals surface area contributed by atoms with E-state index >= 15 is 0 Å². The number of piperazine rings is 1. The Bertz CT molecular complexity index is 850. The largest absolute Gasteiger partial charge is 0.453 e. The molecule has 0 amide bonds. The maximum Gasteiger partial charge on any atom is 0.280 e. The van der Waals surface area contributed by atoms with Crippen LogP contribution in [0.25, 0.3) is 11.3 Å². The third-order valence-electron chi connectivity index (χ3n) is 4.38. The second-order valence-electron chi connectivity index (χ2n) is 5.98. The lowest BCUT2D eigenvalue weighted by atomic mass is 10.1. The monoisotopic (exact) mass is 370 g/mol. The van der Waals surface area contributed by atoms with Crippen LogP contribution in [0.15, 0.2) is 40.8 Å². The molecule has 1 aromatic heterocycles. The van der Waals surface area contributed by atoms with Gasteiger partial charge in [0.1, 0.15) is 10.7 Å². The molecule has 1 aliphatic rings. The van der Waals surface area contributed by atoms with E-state index in [-0.39, 0.29) is 5.69 Å². The van der Waals surface area contributed by atoms with E-state index in [1.54, 1.807) is 30.3 Å². The first-order chi connectivity index (χ1) is 12.6. The van der Waals surface area contributed by atoms with Crippen LogP contribution in [-0.2, 0) is 0 Å². The Morgan fingerprint density at radius 3 is 2.65 bits per heavy atom. The van der Waals surface area contributed by atoms with E-state index in [0.29, 0.717) is 28.5 Å². The van der Waals surface area contributed by atoms with Crippen LogP contribution in [0.5, 0.6) is 0 Å². The van der Waals surface area contributed by atoms with E-state index < -0.39 is 4.92 Å². The van der Waals surface area contributed by atoms with Gasteiger partial charge in [-0.3, -0.25) is 15.0 Å². The molecule has 7 nitrogen and oxygen atoms in total. The molecule has 8 heteroatoms. The first-order valence-corrected chi connectivity index (χ1v) is 8.73. The summed E-state index contributed by atoms with van der Waals surface area (Å²) in [4.78, 5) is 15.7. The smallest absolute Gasteiger partial charge is 0.280 e. The molecular weight excluding hydrogens is 352 g/mol. The van der Waals surface area contributed by atoms with Crippen molar-refractivity contribution in [3.63, 3.8) is 0 Å². The molecular formula is C18H18N4O3S. The lowest BCUT2D eigenvalue weighted by Crippen LogP contribution is -2.48. The minimum absolute atomic E-state index is 0.00502. The number of rotatable bonds is 5. The first-order valence-electron chi connectivity index (χ1n) is 8.32. The van der Waals surface area contributed by atoms with Gasteiger partial charge in [0.25, 0.3) is 5.69 Å². The van der Waals surface area contributed by atoms with E-state index in [1.807, 2.05) is 0 Å². The van der Waals surface area contributed by atoms with Crippen molar-refractivity contribution in [2.24, 2.45) is 0 Å². The van der Waals surface area contributed by atoms with Gasteiger partial charge in [0.15, 0.2) is 5.76 Å². The van der Waals surface area contributed by atoms with Crippen LogP contribution in [0, 0.1) is 21.4 Å². The molecule has 0 spiro atoms. The minimum atomic E-state index is -0.420. The molecule has 2 heterocycles. The zero-order valence-electron chi connectivity index (χ0n) is 14.1. The number of hydrogen-bond donors (Lipinski definition) is 0. The number of hydrogen-bond acceptors (Lipinski definition) is 6. The molecule has 0 atom stereocenters. The molecule has 0 unspecified atom stereocenters. The average molecular weight is 370 g/mol. The van der Waals surface area contributed by atoms with Crippen LogP contribution < -0.4 is 0 Å². The number of nitro benzene ring substituents is 1. The van der Waals surface area contributed by atoms with Gasteiger partial charge in [0, 0.05) is 45.2 Å². The van der Waals surface area contributed by atoms with Crippen LogP contribution in [0.2, 0.25) is 0 Å². The molecule has 2 aromatic rings. The molecule has 1 aromatic carbocycles. The van der Waals surface area contributed by atoms with Crippen molar-refractivity contribution in [3.05, 3.63) is 52.3 Å². The zero-order chi connectivity index (χ0) is 18.5. The number of para-hydroxylation sites is 1. The van der Waals surface area contributed by atoms with Gasteiger partial charge in [-0.15, -0.1) is 0 Å². The molecule has 26 heavy (non-hydrogen) atoms. The number of thiocarbonyl (C=S) groups is 1. The van der Waals surface area contributed by atoms with Gasteiger partial charge >= 0.3 is 0 Å². The highest BCUT2D eigenvalue weighted by atomic mass is 32.1. The summed E-state index contributed by atoms with van der Waals surface area (Å²) >= 11 is 5.54. The van der Waals surface area contributed by atoms with Crippen LogP contribution in [-0.4, -0.2) is 52.4 Å². The molecule has 0 aliphatic carbocycles. The third kappa shape index (κ3) is 3.90. The molecule has 134 valence electrons. The van der Waals surface area contributed by atoms with Crippen LogP contribution in [0.4, 0.5) is 5.69 Å². The van der Waals surface area contributed by atoms with Gasteiger partial charge in [-0.05, 0) is 18.2 Å². The third-order valence-corrected chi connectivity index (χ3v) is 4.84. The fourth-order valence-electron chi connectivity index (χ4n) is 2.98. The van der Waals surface area contributed by atoms with E-state index in [9.17, 15) is 10.1 Å². The lowest BCUT2D eigenvalue weighted by Gasteiger charge is -2.35.